The fourth-order valence-electron chi connectivity index (χ4n) is 1.98. The molecule has 0 saturated carbocycles. The molecule has 0 amide bonds. The smallest absolute Gasteiger partial charge is 0.272 e. The van der Waals surface area contributed by atoms with Gasteiger partial charge in [0.2, 0.25) is 0 Å². The molecule has 20 heavy (non-hydrogen) atoms. The van der Waals surface area contributed by atoms with Crippen LogP contribution in [0.2, 0.25) is 0 Å². The first-order valence-corrected chi connectivity index (χ1v) is 7.17. The molecule has 98 valence electrons. The molecule has 1 N–H and O–H groups in total. The Morgan fingerprint density at radius 1 is 1.30 bits per heavy atom. The number of hydrogen-bond acceptors (Lipinski definition) is 4. The van der Waals surface area contributed by atoms with Crippen molar-refractivity contribution in [3.8, 4) is 6.07 Å². The summed E-state index contributed by atoms with van der Waals surface area (Å²) in [5.74, 6) is 0. The Kier molecular flexibility index (Phi) is 3.22. The van der Waals surface area contributed by atoms with Crippen LogP contribution in [0.5, 0.6) is 0 Å². The number of benzene rings is 1. The molecular formula is C14H9N3OS2. The lowest BCUT2D eigenvalue weighted by Gasteiger charge is -2.06. The highest BCUT2D eigenvalue weighted by molar-refractivity contribution is 7.71. The van der Waals surface area contributed by atoms with E-state index >= 15 is 0 Å². The van der Waals surface area contributed by atoms with Crippen LogP contribution in [0.25, 0.3) is 10.2 Å². The molecule has 3 rings (SSSR count). The summed E-state index contributed by atoms with van der Waals surface area (Å²) in [7, 11) is 0. The van der Waals surface area contributed by atoms with Gasteiger partial charge in [-0.15, -0.1) is 11.3 Å². The van der Waals surface area contributed by atoms with Crippen molar-refractivity contribution < 1.29 is 0 Å². The number of nitrogens with one attached hydrogen (secondary N) is 1. The van der Waals surface area contributed by atoms with Gasteiger partial charge in [0.1, 0.15) is 4.70 Å². The topological polar surface area (TPSA) is 61.6 Å². The number of nitriles is 1. The molecule has 0 aliphatic carbocycles. The highest BCUT2D eigenvalue weighted by Gasteiger charge is 2.07. The Hall–Kier alpha value is -2.23. The normalized spacial score (nSPS) is 10.6. The van der Waals surface area contributed by atoms with E-state index in [4.69, 9.17) is 17.5 Å². The molecule has 0 radical (unpaired) electrons. The van der Waals surface area contributed by atoms with E-state index in [1.807, 2.05) is 23.6 Å². The highest BCUT2D eigenvalue weighted by Crippen LogP contribution is 2.14. The van der Waals surface area contributed by atoms with E-state index in [-0.39, 0.29) is 5.56 Å². The molecule has 4 nitrogen and oxygen atoms in total. The molecule has 0 unspecified atom stereocenters. The van der Waals surface area contributed by atoms with Crippen LogP contribution in [0.15, 0.2) is 40.5 Å². The monoisotopic (exact) mass is 299 g/mol. The number of aromatic amines is 1. The average Bonchev–Trinajstić information content (AvgIpc) is 2.92. The number of aromatic nitrogens is 2. The standard InChI is InChI=1S/C14H9N3OS2/c15-7-9-1-3-10(4-2-9)8-17-13(18)12-11(5-6-20-12)16-14(17)19/h1-6H,8H2,(H,16,19). The molecule has 0 aliphatic rings. The summed E-state index contributed by atoms with van der Waals surface area (Å²) in [6.07, 6.45) is 0. The van der Waals surface area contributed by atoms with E-state index in [0.29, 0.717) is 21.6 Å². The van der Waals surface area contributed by atoms with Gasteiger partial charge >= 0.3 is 0 Å². The maximum absolute atomic E-state index is 12.4. The zero-order valence-corrected chi connectivity index (χ0v) is 11.9. The molecule has 3 aromatic rings. The lowest BCUT2D eigenvalue weighted by atomic mass is 10.1. The van der Waals surface area contributed by atoms with Crippen LogP contribution in [-0.2, 0) is 6.54 Å². The first-order chi connectivity index (χ1) is 9.69. The number of H-pyrrole nitrogens is 1. The van der Waals surface area contributed by atoms with Crippen LogP contribution >= 0.6 is 23.6 Å². The van der Waals surface area contributed by atoms with Gasteiger partial charge < -0.3 is 4.98 Å². The van der Waals surface area contributed by atoms with Gasteiger partial charge in [0, 0.05) is 0 Å². The van der Waals surface area contributed by atoms with E-state index in [1.54, 1.807) is 12.1 Å². The number of hydrogen-bond donors (Lipinski definition) is 1. The summed E-state index contributed by atoms with van der Waals surface area (Å²) in [6.45, 7) is 0.397. The first kappa shape index (κ1) is 12.8. The molecule has 0 atom stereocenters. The van der Waals surface area contributed by atoms with Crippen molar-refractivity contribution in [3.05, 3.63) is 62.0 Å². The zero-order chi connectivity index (χ0) is 14.1. The highest BCUT2D eigenvalue weighted by atomic mass is 32.1. The van der Waals surface area contributed by atoms with Crippen LogP contribution < -0.4 is 5.56 Å². The van der Waals surface area contributed by atoms with Gasteiger partial charge in [-0.1, -0.05) is 12.1 Å². The van der Waals surface area contributed by atoms with E-state index in [9.17, 15) is 4.79 Å². The van der Waals surface area contributed by atoms with Crippen molar-refractivity contribution in [2.45, 2.75) is 6.54 Å². The van der Waals surface area contributed by atoms with Crippen LogP contribution in [-0.4, -0.2) is 9.55 Å². The Morgan fingerprint density at radius 2 is 2.05 bits per heavy atom. The lowest BCUT2D eigenvalue weighted by molar-refractivity contribution is 0.736. The predicted octanol–water partition coefficient (Wildman–Crippen LogP) is 3.04. The van der Waals surface area contributed by atoms with Crippen LogP contribution in [0.4, 0.5) is 0 Å². The lowest BCUT2D eigenvalue weighted by Crippen LogP contribution is -2.21. The second-order valence-electron chi connectivity index (χ2n) is 4.29. The summed E-state index contributed by atoms with van der Waals surface area (Å²) < 4.78 is 2.62. The molecule has 0 aliphatic heterocycles. The Labute approximate surface area is 123 Å². The molecule has 1 aromatic carbocycles. The molecule has 2 heterocycles. The van der Waals surface area contributed by atoms with Crippen LogP contribution in [0.1, 0.15) is 11.1 Å². The van der Waals surface area contributed by atoms with E-state index in [1.165, 1.54) is 15.9 Å². The fraction of sp³-hybridized carbons (Fsp3) is 0.0714. The van der Waals surface area contributed by atoms with E-state index < -0.39 is 0 Å². The van der Waals surface area contributed by atoms with Crippen LogP contribution in [0, 0.1) is 16.1 Å². The Balaban J connectivity index is 2.08. The van der Waals surface area contributed by atoms with Crippen LogP contribution in [0.3, 0.4) is 0 Å². The molecule has 0 bridgehead atoms. The minimum absolute atomic E-state index is 0.0805. The van der Waals surface area contributed by atoms with Gasteiger partial charge in [0.15, 0.2) is 4.77 Å². The maximum Gasteiger partial charge on any atom is 0.272 e. The Bertz CT molecular complexity index is 926. The molecular weight excluding hydrogens is 290 g/mol. The SMILES string of the molecule is N#Cc1ccc(Cn2c(=S)[nH]c3ccsc3c2=O)cc1. The largest absolute Gasteiger partial charge is 0.331 e. The molecule has 0 fully saturated rings. The number of fused-ring (bicyclic) bond motifs is 1. The molecule has 6 heteroatoms. The fourth-order valence-corrected chi connectivity index (χ4v) is 3.04. The summed E-state index contributed by atoms with van der Waals surface area (Å²) in [6, 6.07) is 11.0. The van der Waals surface area contributed by atoms with Gasteiger partial charge in [-0.2, -0.15) is 5.26 Å². The minimum atomic E-state index is -0.0805. The third-order valence-electron chi connectivity index (χ3n) is 3.02. The van der Waals surface area contributed by atoms with Crippen molar-refractivity contribution in [2.24, 2.45) is 0 Å². The van der Waals surface area contributed by atoms with Gasteiger partial charge in [0.05, 0.1) is 23.7 Å². The van der Waals surface area contributed by atoms with Gasteiger partial charge in [-0.05, 0) is 41.4 Å². The molecule has 0 spiro atoms. The summed E-state index contributed by atoms with van der Waals surface area (Å²) in [4.78, 5) is 15.4. The Morgan fingerprint density at radius 3 is 2.75 bits per heavy atom. The maximum atomic E-state index is 12.4. The van der Waals surface area contributed by atoms with Crippen molar-refractivity contribution in [2.75, 3.05) is 0 Å². The van der Waals surface area contributed by atoms with Crippen molar-refractivity contribution in [3.63, 3.8) is 0 Å². The zero-order valence-electron chi connectivity index (χ0n) is 10.3. The first-order valence-electron chi connectivity index (χ1n) is 5.88. The van der Waals surface area contributed by atoms with Gasteiger partial charge in [0.25, 0.3) is 5.56 Å². The quantitative estimate of drug-likeness (QED) is 0.740. The summed E-state index contributed by atoms with van der Waals surface area (Å²) in [5.41, 5.74) is 2.23. The average molecular weight is 299 g/mol. The van der Waals surface area contributed by atoms with Crippen molar-refractivity contribution >= 4 is 33.8 Å². The second-order valence-corrected chi connectivity index (χ2v) is 5.60. The van der Waals surface area contributed by atoms with Crippen molar-refractivity contribution in [1.29, 1.82) is 5.26 Å². The number of rotatable bonds is 2. The van der Waals surface area contributed by atoms with Gasteiger partial charge in [-0.25, -0.2) is 0 Å². The van der Waals surface area contributed by atoms with Gasteiger partial charge in [-0.3, -0.25) is 9.36 Å². The number of thiophene rings is 1. The summed E-state index contributed by atoms with van der Waals surface area (Å²) >= 11 is 6.64. The third-order valence-corrected chi connectivity index (χ3v) is 4.24. The second kappa shape index (κ2) is 5.04. The summed E-state index contributed by atoms with van der Waals surface area (Å²) in [5, 5.41) is 10.6. The number of nitrogens with zero attached hydrogens (tertiary/aromatic N) is 2. The third kappa shape index (κ3) is 2.18. The molecule has 0 saturated heterocycles. The molecule has 2 aromatic heterocycles. The van der Waals surface area contributed by atoms with Crippen molar-refractivity contribution in [1.82, 2.24) is 9.55 Å². The predicted molar refractivity (Wildman–Crippen MR) is 81.5 cm³/mol. The van der Waals surface area contributed by atoms with E-state index in [0.717, 1.165) is 11.1 Å². The van der Waals surface area contributed by atoms with E-state index in [2.05, 4.69) is 11.1 Å². The minimum Gasteiger partial charge on any atom is -0.331 e.